The third-order valence-electron chi connectivity index (χ3n) is 5.05. The highest BCUT2D eigenvalue weighted by Crippen LogP contribution is 2.33. The summed E-state index contributed by atoms with van der Waals surface area (Å²) in [5.41, 5.74) is 4.59. The van der Waals surface area contributed by atoms with Crippen LogP contribution in [0.2, 0.25) is 5.02 Å². The lowest BCUT2D eigenvalue weighted by atomic mass is 10.1. The smallest absolute Gasteiger partial charge is 0.212 e. The quantitative estimate of drug-likeness (QED) is 0.332. The first-order valence-electron chi connectivity index (χ1n) is 10.0. The lowest BCUT2D eigenvalue weighted by Crippen LogP contribution is -2.21. The molecule has 0 aliphatic carbocycles. The number of aliphatic imine (C=N–C) groups is 1. The van der Waals surface area contributed by atoms with Crippen molar-refractivity contribution in [3.05, 3.63) is 89.0 Å². The molecular weight excluding hydrogens is 440 g/mol. The second-order valence-electron chi connectivity index (χ2n) is 7.21. The van der Waals surface area contributed by atoms with Gasteiger partial charge in [0.05, 0.1) is 28.7 Å². The lowest BCUT2D eigenvalue weighted by Gasteiger charge is -2.15. The third kappa shape index (κ3) is 4.02. The van der Waals surface area contributed by atoms with Crippen molar-refractivity contribution in [2.75, 3.05) is 12.1 Å². The van der Waals surface area contributed by atoms with Crippen molar-refractivity contribution >= 4 is 61.6 Å². The molecule has 3 aromatic carbocycles. The molecule has 0 saturated heterocycles. The van der Waals surface area contributed by atoms with E-state index in [2.05, 4.69) is 12.1 Å². The molecule has 0 radical (unpaired) electrons. The monoisotopic (exact) mass is 458 g/mol. The highest BCUT2D eigenvalue weighted by molar-refractivity contribution is 7.22. The summed E-state index contributed by atoms with van der Waals surface area (Å²) in [5.74, 6) is 1.52. The van der Waals surface area contributed by atoms with Gasteiger partial charge in [-0.25, -0.2) is 9.99 Å². The van der Waals surface area contributed by atoms with Crippen molar-refractivity contribution < 1.29 is 4.74 Å². The fraction of sp³-hybridized carbons (Fsp3) is 0.0800. The van der Waals surface area contributed by atoms with Crippen LogP contribution in [-0.2, 0) is 0 Å². The van der Waals surface area contributed by atoms with E-state index in [4.69, 9.17) is 31.4 Å². The van der Waals surface area contributed by atoms with E-state index in [0.717, 1.165) is 38.5 Å². The number of amidine groups is 1. The van der Waals surface area contributed by atoms with E-state index in [9.17, 15) is 0 Å². The Labute approximate surface area is 195 Å². The molecule has 0 bridgehead atoms. The maximum Gasteiger partial charge on any atom is 0.212 e. The number of methoxy groups -OCH3 is 1. The zero-order valence-electron chi connectivity index (χ0n) is 17.5. The van der Waals surface area contributed by atoms with E-state index in [1.807, 2.05) is 78.7 Å². The number of nitrogens with zero attached hydrogens (tertiary/aromatic N) is 4. The summed E-state index contributed by atoms with van der Waals surface area (Å²) in [7, 11) is 1.66. The molecule has 7 heteroatoms. The van der Waals surface area contributed by atoms with Crippen LogP contribution in [0.1, 0.15) is 12.5 Å². The van der Waals surface area contributed by atoms with Crippen molar-refractivity contribution in [3.8, 4) is 5.75 Å². The molecule has 0 N–H and O–H groups in total. The zero-order chi connectivity index (χ0) is 22.1. The van der Waals surface area contributed by atoms with E-state index >= 15 is 0 Å². The molecule has 5 nitrogen and oxygen atoms in total. The molecule has 5 rings (SSSR count). The zero-order valence-corrected chi connectivity index (χ0v) is 19.1. The molecule has 0 unspecified atom stereocenters. The topological polar surface area (TPSA) is 50.1 Å². The first-order chi connectivity index (χ1) is 15.6. The molecule has 0 fully saturated rings. The Morgan fingerprint density at radius 2 is 1.84 bits per heavy atom. The average Bonchev–Trinajstić information content (AvgIpc) is 3.35. The summed E-state index contributed by atoms with van der Waals surface area (Å²) >= 11 is 7.82. The summed E-state index contributed by atoms with van der Waals surface area (Å²) < 4.78 is 6.37. The van der Waals surface area contributed by atoms with Crippen molar-refractivity contribution in [3.63, 3.8) is 0 Å². The van der Waals surface area contributed by atoms with Gasteiger partial charge in [-0.3, -0.25) is 0 Å². The van der Waals surface area contributed by atoms with Crippen LogP contribution in [0.3, 0.4) is 0 Å². The fourth-order valence-electron chi connectivity index (χ4n) is 3.46. The molecule has 0 amide bonds. The van der Waals surface area contributed by atoms with Gasteiger partial charge in [-0.05, 0) is 61.0 Å². The molecule has 2 heterocycles. The van der Waals surface area contributed by atoms with Crippen LogP contribution < -0.4 is 9.75 Å². The van der Waals surface area contributed by atoms with Crippen LogP contribution in [0.5, 0.6) is 5.75 Å². The maximum absolute atomic E-state index is 6.26. The number of fused-ring (bicyclic) bond motifs is 1. The van der Waals surface area contributed by atoms with Crippen LogP contribution in [0.15, 0.2) is 88.5 Å². The Morgan fingerprint density at radius 3 is 2.59 bits per heavy atom. The molecule has 4 aromatic rings. The third-order valence-corrected chi connectivity index (χ3v) is 6.21. The normalized spacial score (nSPS) is 16.2. The number of thiazole rings is 1. The van der Waals surface area contributed by atoms with Gasteiger partial charge in [0, 0.05) is 10.6 Å². The SMILES string of the molecule is COc1ccc(/C=C2/C(C)=NN(c3cccc(Cl)c3)/C2=N\c2nc3ccccc3s2)cc1. The maximum atomic E-state index is 6.26. The van der Waals surface area contributed by atoms with Crippen LogP contribution >= 0.6 is 22.9 Å². The number of hydrogen-bond donors (Lipinski definition) is 0. The van der Waals surface area contributed by atoms with Gasteiger partial charge in [-0.1, -0.05) is 53.3 Å². The van der Waals surface area contributed by atoms with Gasteiger partial charge in [0.1, 0.15) is 5.75 Å². The van der Waals surface area contributed by atoms with Crippen molar-refractivity contribution in [1.29, 1.82) is 0 Å². The van der Waals surface area contributed by atoms with Crippen LogP contribution in [0.25, 0.3) is 16.3 Å². The minimum absolute atomic E-state index is 0.641. The standard InChI is InChI=1S/C25H19ClN4OS/c1-16-21(14-17-10-12-20(31-2)13-11-17)24(30(29-16)19-7-5-6-18(26)15-19)28-25-27-22-8-3-4-9-23(22)32-25/h3-15H,1-2H3/b21-14-,28-24-. The van der Waals surface area contributed by atoms with E-state index < -0.39 is 0 Å². The van der Waals surface area contributed by atoms with Gasteiger partial charge in [-0.15, -0.1) is 0 Å². The van der Waals surface area contributed by atoms with E-state index in [1.165, 1.54) is 0 Å². The molecule has 0 atom stereocenters. The Hall–Kier alpha value is -3.48. The second-order valence-corrected chi connectivity index (χ2v) is 8.65. The van der Waals surface area contributed by atoms with Gasteiger partial charge >= 0.3 is 0 Å². The first kappa shape index (κ1) is 20.4. The Bertz CT molecular complexity index is 1360. The summed E-state index contributed by atoms with van der Waals surface area (Å²) in [4.78, 5) is 9.64. The summed E-state index contributed by atoms with van der Waals surface area (Å²) in [6, 6.07) is 23.5. The van der Waals surface area contributed by atoms with Crippen LogP contribution in [0.4, 0.5) is 10.8 Å². The summed E-state index contributed by atoms with van der Waals surface area (Å²) in [6.07, 6.45) is 2.08. The minimum atomic E-state index is 0.641. The molecule has 32 heavy (non-hydrogen) atoms. The first-order valence-corrected chi connectivity index (χ1v) is 11.2. The number of anilines is 1. The van der Waals surface area contributed by atoms with Crippen LogP contribution in [0, 0.1) is 0 Å². The van der Waals surface area contributed by atoms with Gasteiger partial charge < -0.3 is 4.74 Å². The number of hydrogen-bond acceptors (Lipinski definition) is 5. The van der Waals surface area contributed by atoms with E-state index in [1.54, 1.807) is 18.4 Å². The molecular formula is C25H19ClN4OS. The number of ether oxygens (including phenoxy) is 1. The molecule has 0 saturated carbocycles. The van der Waals surface area contributed by atoms with Crippen molar-refractivity contribution in [2.24, 2.45) is 10.1 Å². The number of halogens is 1. The predicted molar refractivity (Wildman–Crippen MR) is 135 cm³/mol. The Morgan fingerprint density at radius 1 is 1.03 bits per heavy atom. The second kappa shape index (κ2) is 8.57. The van der Waals surface area contributed by atoms with Crippen molar-refractivity contribution in [2.45, 2.75) is 6.92 Å². The number of aromatic nitrogens is 1. The van der Waals surface area contributed by atoms with Crippen molar-refractivity contribution in [1.82, 2.24) is 4.98 Å². The van der Waals surface area contributed by atoms with E-state index in [0.29, 0.717) is 16.0 Å². The largest absolute Gasteiger partial charge is 0.497 e. The molecule has 1 aliphatic rings. The van der Waals surface area contributed by atoms with Crippen LogP contribution in [-0.4, -0.2) is 23.6 Å². The van der Waals surface area contributed by atoms with Gasteiger partial charge in [0.25, 0.3) is 0 Å². The summed E-state index contributed by atoms with van der Waals surface area (Å²) in [5, 5.41) is 7.93. The molecule has 0 spiro atoms. The summed E-state index contributed by atoms with van der Waals surface area (Å²) in [6.45, 7) is 1.98. The Balaban J connectivity index is 1.63. The van der Waals surface area contributed by atoms with Gasteiger partial charge in [-0.2, -0.15) is 10.1 Å². The van der Waals surface area contributed by atoms with Gasteiger partial charge in [0.2, 0.25) is 5.13 Å². The minimum Gasteiger partial charge on any atom is -0.497 e. The number of hydrazone groups is 1. The Kier molecular flexibility index (Phi) is 5.47. The molecule has 158 valence electrons. The van der Waals surface area contributed by atoms with E-state index in [-0.39, 0.29) is 0 Å². The highest BCUT2D eigenvalue weighted by Gasteiger charge is 2.27. The molecule has 1 aliphatic heterocycles. The average molecular weight is 459 g/mol. The highest BCUT2D eigenvalue weighted by atomic mass is 35.5. The predicted octanol–water partition coefficient (Wildman–Crippen LogP) is 6.97. The van der Waals surface area contributed by atoms with Gasteiger partial charge in [0.15, 0.2) is 5.84 Å². The molecule has 1 aromatic heterocycles. The fourth-order valence-corrected chi connectivity index (χ4v) is 4.48. The number of para-hydroxylation sites is 1. The lowest BCUT2D eigenvalue weighted by molar-refractivity contribution is 0.415. The number of rotatable bonds is 4. The number of benzene rings is 3.